The average molecular weight is 393 g/mol. The fourth-order valence-corrected chi connectivity index (χ4v) is 4.84. The van der Waals surface area contributed by atoms with E-state index < -0.39 is 14.4 Å². The first-order valence-corrected chi connectivity index (χ1v) is 11.5. The Hall–Kier alpha value is -0.403. The van der Waals surface area contributed by atoms with Gasteiger partial charge < -0.3 is 13.9 Å². The van der Waals surface area contributed by atoms with Crippen molar-refractivity contribution in [1.82, 2.24) is 0 Å². The Balaban J connectivity index is 2.14. The molecule has 1 saturated heterocycles. The predicted molar refractivity (Wildman–Crippen MR) is 88.3 cm³/mol. The fraction of sp³-hybridized carbons (Fsp3) is 0.867. The Bertz CT molecular complexity index is 473. The summed E-state index contributed by atoms with van der Waals surface area (Å²) >= 11 is 3.52. The average Bonchev–Trinajstić information content (AvgIpc) is 2.78. The van der Waals surface area contributed by atoms with Crippen molar-refractivity contribution in [3.05, 3.63) is 0 Å². The van der Waals surface area contributed by atoms with Crippen LogP contribution in [0.4, 0.5) is 0 Å². The van der Waals surface area contributed by atoms with Gasteiger partial charge in [-0.25, -0.2) is 4.79 Å². The van der Waals surface area contributed by atoms with E-state index in [2.05, 4.69) is 49.8 Å². The SMILES string of the molecule is CC(=O)O[C@H]1C[C@@H]2[C@@H](OC(=O)[C@@H]2O[Si](C)(C)C(C)(C)C)[C@@H]1Br. The molecule has 0 aromatic carbocycles. The Kier molecular flexibility index (Phi) is 4.82. The Labute approximate surface area is 141 Å². The zero-order chi connectivity index (χ0) is 16.9. The third-order valence-electron chi connectivity index (χ3n) is 5.01. The first-order chi connectivity index (χ1) is 9.94. The van der Waals surface area contributed by atoms with Crippen molar-refractivity contribution in [2.24, 2.45) is 5.92 Å². The highest BCUT2D eigenvalue weighted by molar-refractivity contribution is 9.09. The molecule has 1 aliphatic heterocycles. The molecule has 22 heavy (non-hydrogen) atoms. The van der Waals surface area contributed by atoms with Crippen LogP contribution in [0.1, 0.15) is 34.1 Å². The second-order valence-electron chi connectivity index (χ2n) is 7.69. The van der Waals surface area contributed by atoms with Gasteiger partial charge in [0.2, 0.25) is 0 Å². The summed E-state index contributed by atoms with van der Waals surface area (Å²) in [7, 11) is -2.07. The molecule has 0 amide bonds. The molecular weight excluding hydrogens is 368 g/mol. The van der Waals surface area contributed by atoms with Crippen molar-refractivity contribution in [2.75, 3.05) is 0 Å². The summed E-state index contributed by atoms with van der Waals surface area (Å²) in [5.41, 5.74) is 0. The van der Waals surface area contributed by atoms with Crippen LogP contribution in [0.3, 0.4) is 0 Å². The van der Waals surface area contributed by atoms with Crippen LogP contribution in [0.25, 0.3) is 0 Å². The van der Waals surface area contributed by atoms with E-state index in [1.807, 2.05) is 0 Å². The molecule has 5 atom stereocenters. The standard InChI is InChI=1S/C15H25BrO5Si/c1-8(17)19-10-7-9-12(11(10)16)20-14(18)13(9)21-22(5,6)15(2,3)4/h9-13H,7H2,1-6H3/t9-,10+,11-,12-,13-/m1/s1. The first-order valence-electron chi connectivity index (χ1n) is 7.63. The highest BCUT2D eigenvalue weighted by Crippen LogP contribution is 2.46. The summed E-state index contributed by atoms with van der Waals surface area (Å²) in [6.07, 6.45) is -0.519. The topological polar surface area (TPSA) is 61.8 Å². The van der Waals surface area contributed by atoms with Gasteiger partial charge in [0, 0.05) is 12.8 Å². The van der Waals surface area contributed by atoms with Gasteiger partial charge in [0.15, 0.2) is 8.32 Å². The van der Waals surface area contributed by atoms with E-state index in [4.69, 9.17) is 13.9 Å². The van der Waals surface area contributed by atoms with E-state index in [0.29, 0.717) is 6.42 Å². The second-order valence-corrected chi connectivity index (χ2v) is 13.5. The van der Waals surface area contributed by atoms with E-state index in [9.17, 15) is 9.59 Å². The van der Waals surface area contributed by atoms with Crippen molar-refractivity contribution in [3.63, 3.8) is 0 Å². The summed E-state index contributed by atoms with van der Waals surface area (Å²) in [5.74, 6) is -0.663. The molecule has 1 aliphatic carbocycles. The monoisotopic (exact) mass is 392 g/mol. The number of alkyl halides is 1. The molecule has 1 saturated carbocycles. The van der Waals surface area contributed by atoms with Crippen molar-refractivity contribution in [2.45, 2.75) is 75.4 Å². The summed E-state index contributed by atoms with van der Waals surface area (Å²) in [4.78, 5) is 23.2. The minimum absolute atomic E-state index is 0.0209. The number of fused-ring (bicyclic) bond motifs is 1. The number of ether oxygens (including phenoxy) is 2. The van der Waals surface area contributed by atoms with Gasteiger partial charge in [-0.15, -0.1) is 0 Å². The number of rotatable bonds is 3. The smallest absolute Gasteiger partial charge is 0.334 e. The number of carbonyl (C=O) groups excluding carboxylic acids is 2. The Morgan fingerprint density at radius 3 is 2.45 bits per heavy atom. The summed E-state index contributed by atoms with van der Waals surface area (Å²) < 4.78 is 17.1. The van der Waals surface area contributed by atoms with Crippen LogP contribution in [0, 0.1) is 5.92 Å². The van der Waals surface area contributed by atoms with Crippen molar-refractivity contribution in [3.8, 4) is 0 Å². The minimum atomic E-state index is -2.07. The molecule has 126 valence electrons. The molecule has 1 heterocycles. The van der Waals surface area contributed by atoms with Gasteiger partial charge in [0.05, 0.1) is 4.83 Å². The maximum atomic E-state index is 12.2. The van der Waals surface area contributed by atoms with Crippen LogP contribution in [-0.4, -0.2) is 43.4 Å². The Morgan fingerprint density at radius 2 is 1.95 bits per heavy atom. The molecule has 0 radical (unpaired) electrons. The summed E-state index contributed by atoms with van der Waals surface area (Å²) in [5, 5.41) is 0.0209. The number of hydrogen-bond acceptors (Lipinski definition) is 5. The zero-order valence-electron chi connectivity index (χ0n) is 14.0. The van der Waals surface area contributed by atoms with Crippen LogP contribution in [0.2, 0.25) is 18.1 Å². The van der Waals surface area contributed by atoms with Gasteiger partial charge in [-0.05, 0) is 24.6 Å². The van der Waals surface area contributed by atoms with Crippen molar-refractivity contribution < 1.29 is 23.5 Å². The van der Waals surface area contributed by atoms with Crippen LogP contribution in [0.5, 0.6) is 0 Å². The number of carbonyl (C=O) groups is 2. The van der Waals surface area contributed by atoms with E-state index in [1.54, 1.807) is 0 Å². The largest absolute Gasteiger partial charge is 0.461 e. The quantitative estimate of drug-likeness (QED) is 0.419. The maximum Gasteiger partial charge on any atom is 0.334 e. The molecule has 2 aliphatic rings. The van der Waals surface area contributed by atoms with Gasteiger partial charge in [-0.1, -0.05) is 36.7 Å². The molecule has 0 aromatic heterocycles. The van der Waals surface area contributed by atoms with Gasteiger partial charge in [0.1, 0.15) is 18.3 Å². The van der Waals surface area contributed by atoms with Gasteiger partial charge in [0.25, 0.3) is 0 Å². The highest BCUT2D eigenvalue weighted by Gasteiger charge is 2.58. The zero-order valence-corrected chi connectivity index (χ0v) is 16.6. The maximum absolute atomic E-state index is 12.2. The molecule has 2 fully saturated rings. The molecule has 5 nitrogen and oxygen atoms in total. The fourth-order valence-electron chi connectivity index (χ4n) is 2.76. The van der Waals surface area contributed by atoms with Crippen LogP contribution in [-0.2, 0) is 23.5 Å². The number of hydrogen-bond donors (Lipinski definition) is 0. The van der Waals surface area contributed by atoms with E-state index in [-0.39, 0.29) is 39.9 Å². The van der Waals surface area contributed by atoms with E-state index in [0.717, 1.165) is 0 Å². The van der Waals surface area contributed by atoms with Crippen LogP contribution >= 0.6 is 15.9 Å². The lowest BCUT2D eigenvalue weighted by molar-refractivity contribution is -0.150. The van der Waals surface area contributed by atoms with Crippen LogP contribution in [0.15, 0.2) is 0 Å². The molecule has 0 unspecified atom stereocenters. The van der Waals surface area contributed by atoms with Crippen LogP contribution < -0.4 is 0 Å². The summed E-state index contributed by atoms with van der Waals surface area (Å²) in [6, 6.07) is 0. The lowest BCUT2D eigenvalue weighted by Crippen LogP contribution is -2.46. The molecule has 0 aromatic rings. The minimum Gasteiger partial charge on any atom is -0.461 e. The molecule has 7 heteroatoms. The van der Waals surface area contributed by atoms with Crippen molar-refractivity contribution >= 4 is 36.2 Å². The molecule has 0 bridgehead atoms. The molecule has 0 N–H and O–H groups in total. The van der Waals surface area contributed by atoms with Gasteiger partial charge >= 0.3 is 11.9 Å². The Morgan fingerprint density at radius 1 is 1.36 bits per heavy atom. The molecule has 2 rings (SSSR count). The second kappa shape index (κ2) is 5.91. The van der Waals surface area contributed by atoms with Gasteiger partial charge in [-0.3, -0.25) is 4.79 Å². The van der Waals surface area contributed by atoms with Crippen molar-refractivity contribution in [1.29, 1.82) is 0 Å². The lowest BCUT2D eigenvalue weighted by atomic mass is 10.0. The molecular formula is C15H25BrO5Si. The van der Waals surface area contributed by atoms with E-state index in [1.165, 1.54) is 6.92 Å². The van der Waals surface area contributed by atoms with E-state index >= 15 is 0 Å². The summed E-state index contributed by atoms with van der Waals surface area (Å²) in [6.45, 7) is 12.1. The van der Waals surface area contributed by atoms with Gasteiger partial charge in [-0.2, -0.15) is 0 Å². The number of halogens is 1. The predicted octanol–water partition coefficient (Wildman–Crippen LogP) is 3.02. The number of esters is 2. The lowest BCUT2D eigenvalue weighted by Gasteiger charge is -2.38. The molecule has 0 spiro atoms. The third-order valence-corrected chi connectivity index (χ3v) is 10.6. The highest BCUT2D eigenvalue weighted by atomic mass is 79.9. The normalized spacial score (nSPS) is 35.2. The first kappa shape index (κ1) is 17.9. The third kappa shape index (κ3) is 3.26.